The first kappa shape index (κ1) is 17.0. The van der Waals surface area contributed by atoms with Crippen molar-refractivity contribution in [1.29, 1.82) is 0 Å². The number of H-pyrrole nitrogens is 1. The van der Waals surface area contributed by atoms with Crippen molar-refractivity contribution in [2.45, 2.75) is 12.7 Å². The van der Waals surface area contributed by atoms with Crippen molar-refractivity contribution < 1.29 is 14.2 Å². The van der Waals surface area contributed by atoms with E-state index in [0.29, 0.717) is 23.3 Å². The van der Waals surface area contributed by atoms with Crippen molar-refractivity contribution in [3.05, 3.63) is 47.7 Å². The second-order valence-corrected chi connectivity index (χ2v) is 6.95. The maximum Gasteiger partial charge on any atom is 0.273 e. The predicted molar refractivity (Wildman–Crippen MR) is 93.4 cm³/mol. The minimum Gasteiger partial charge on any atom is -0.434 e. The highest BCUT2D eigenvalue weighted by Crippen LogP contribution is 2.38. The van der Waals surface area contributed by atoms with Crippen LogP contribution < -0.4 is 10.3 Å². The first-order chi connectivity index (χ1) is 10.9. The monoisotopic (exact) mass is 468 g/mol. The van der Waals surface area contributed by atoms with E-state index in [-0.39, 0.29) is 17.2 Å². The number of nitrogens with zero attached hydrogens (tertiary/aromatic N) is 1. The summed E-state index contributed by atoms with van der Waals surface area (Å²) in [7, 11) is 0. The molecule has 1 aliphatic heterocycles. The van der Waals surface area contributed by atoms with Gasteiger partial charge in [-0.05, 0) is 41.6 Å². The van der Waals surface area contributed by atoms with Gasteiger partial charge in [-0.2, -0.15) is 0 Å². The maximum atomic E-state index is 12.0. The normalized spacial score (nSPS) is 16.5. The molecule has 122 valence electrons. The Morgan fingerprint density at radius 1 is 1.26 bits per heavy atom. The fraction of sp³-hybridized carbons (Fsp3) is 0.286. The van der Waals surface area contributed by atoms with Crippen LogP contribution in [-0.4, -0.2) is 23.4 Å². The molecule has 3 rings (SSSR count). The van der Waals surface area contributed by atoms with Crippen LogP contribution in [0.2, 0.25) is 10.0 Å². The van der Waals surface area contributed by atoms with Crippen molar-refractivity contribution in [1.82, 2.24) is 10.2 Å². The molecule has 0 amide bonds. The fourth-order valence-corrected chi connectivity index (χ4v) is 3.73. The van der Waals surface area contributed by atoms with Gasteiger partial charge in [0.1, 0.15) is 0 Å². The molecule has 9 heteroatoms. The highest BCUT2D eigenvalue weighted by atomic mass is 127. The van der Waals surface area contributed by atoms with E-state index in [0.717, 1.165) is 3.57 Å². The maximum absolute atomic E-state index is 12.0. The molecule has 1 fully saturated rings. The van der Waals surface area contributed by atoms with Crippen molar-refractivity contribution in [2.75, 3.05) is 13.2 Å². The molecule has 0 bridgehead atoms. The molecule has 1 aromatic carbocycles. The molecule has 2 heterocycles. The van der Waals surface area contributed by atoms with Gasteiger partial charge in [0.25, 0.3) is 5.56 Å². The number of hydrogen-bond donors (Lipinski definition) is 1. The molecule has 1 aromatic heterocycles. The third-order valence-electron chi connectivity index (χ3n) is 3.28. The molecule has 1 aliphatic rings. The first-order valence-corrected chi connectivity index (χ1v) is 8.43. The Morgan fingerprint density at radius 3 is 2.48 bits per heavy atom. The summed E-state index contributed by atoms with van der Waals surface area (Å²) in [6.07, 6.45) is 0. The van der Waals surface area contributed by atoms with E-state index in [1.54, 1.807) is 19.1 Å². The second-order valence-electron chi connectivity index (χ2n) is 4.89. The van der Waals surface area contributed by atoms with Gasteiger partial charge in [0.15, 0.2) is 11.5 Å². The molecule has 23 heavy (non-hydrogen) atoms. The van der Waals surface area contributed by atoms with Gasteiger partial charge >= 0.3 is 0 Å². The van der Waals surface area contributed by atoms with Crippen LogP contribution >= 0.6 is 45.8 Å². The van der Waals surface area contributed by atoms with E-state index >= 15 is 0 Å². The third kappa shape index (κ3) is 3.48. The summed E-state index contributed by atoms with van der Waals surface area (Å²) >= 11 is 14.4. The number of benzene rings is 1. The van der Waals surface area contributed by atoms with Crippen LogP contribution in [-0.2, 0) is 15.3 Å². The number of hydrogen-bond acceptors (Lipinski definition) is 5. The van der Waals surface area contributed by atoms with Crippen LogP contribution in [0.3, 0.4) is 0 Å². The molecule has 1 N–H and O–H groups in total. The van der Waals surface area contributed by atoms with E-state index in [1.165, 1.54) is 6.07 Å². The zero-order valence-corrected chi connectivity index (χ0v) is 15.5. The molecule has 0 atom stereocenters. The average Bonchev–Trinajstić information content (AvgIpc) is 2.92. The van der Waals surface area contributed by atoms with Gasteiger partial charge in [0, 0.05) is 9.64 Å². The van der Waals surface area contributed by atoms with E-state index in [1.807, 2.05) is 0 Å². The van der Waals surface area contributed by atoms with Gasteiger partial charge in [-0.3, -0.25) is 4.79 Å². The molecule has 2 aromatic rings. The fourth-order valence-electron chi connectivity index (χ4n) is 2.18. The predicted octanol–water partition coefficient (Wildman–Crippen LogP) is 3.69. The summed E-state index contributed by atoms with van der Waals surface area (Å²) in [6, 6.07) is 4.87. The van der Waals surface area contributed by atoms with Gasteiger partial charge in [0.05, 0.1) is 28.8 Å². The molecule has 0 unspecified atom stereocenters. The number of halogens is 3. The van der Waals surface area contributed by atoms with Crippen LogP contribution in [0.4, 0.5) is 0 Å². The Balaban J connectivity index is 1.98. The largest absolute Gasteiger partial charge is 0.434 e. The Morgan fingerprint density at radius 2 is 1.87 bits per heavy atom. The second kappa shape index (κ2) is 6.56. The zero-order chi connectivity index (χ0) is 16.6. The number of aromatic nitrogens is 2. The lowest BCUT2D eigenvalue weighted by atomic mass is 10.1. The molecule has 0 radical (unpaired) electrons. The molecule has 0 aliphatic carbocycles. The molecule has 0 spiro atoms. The van der Waals surface area contributed by atoms with Gasteiger partial charge in [-0.15, -0.1) is 5.10 Å². The minimum atomic E-state index is -1.13. The summed E-state index contributed by atoms with van der Waals surface area (Å²) in [6.45, 7) is 2.48. The van der Waals surface area contributed by atoms with Gasteiger partial charge in [-0.1, -0.05) is 23.2 Å². The summed E-state index contributed by atoms with van der Waals surface area (Å²) < 4.78 is 17.5. The summed E-state index contributed by atoms with van der Waals surface area (Å²) in [5.41, 5.74) is -0.153. The standard InChI is InChI=1S/C14H11Cl2IN2O4/c1-14(21-2-3-22-14)8-6-11(18-19-13(8)20)23-12-9(15)4-7(17)5-10(12)16/h4-6H,2-3H2,1H3,(H,19,20). The molecule has 6 nitrogen and oxygen atoms in total. The number of nitrogens with one attached hydrogen (secondary N) is 1. The van der Waals surface area contributed by atoms with Gasteiger partial charge < -0.3 is 14.2 Å². The number of ether oxygens (including phenoxy) is 3. The van der Waals surface area contributed by atoms with E-state index in [4.69, 9.17) is 37.4 Å². The quantitative estimate of drug-likeness (QED) is 0.695. The smallest absolute Gasteiger partial charge is 0.273 e. The lowest BCUT2D eigenvalue weighted by Gasteiger charge is -2.21. The summed E-state index contributed by atoms with van der Waals surface area (Å²) in [4.78, 5) is 12.0. The first-order valence-electron chi connectivity index (χ1n) is 6.59. The highest BCUT2D eigenvalue weighted by molar-refractivity contribution is 14.1. The highest BCUT2D eigenvalue weighted by Gasteiger charge is 2.36. The minimum absolute atomic E-state index is 0.130. The summed E-state index contributed by atoms with van der Waals surface area (Å²) in [5, 5.41) is 6.90. The van der Waals surface area contributed by atoms with Crippen molar-refractivity contribution in [3.8, 4) is 11.6 Å². The van der Waals surface area contributed by atoms with Crippen LogP contribution in [0.5, 0.6) is 11.6 Å². The Hall–Kier alpha value is -0.870. The molecule has 0 saturated carbocycles. The van der Waals surface area contributed by atoms with Crippen molar-refractivity contribution in [2.24, 2.45) is 0 Å². The molecular weight excluding hydrogens is 458 g/mol. The average molecular weight is 469 g/mol. The van der Waals surface area contributed by atoms with E-state index < -0.39 is 11.3 Å². The lowest BCUT2D eigenvalue weighted by Crippen LogP contribution is -2.31. The number of rotatable bonds is 3. The van der Waals surface area contributed by atoms with Crippen molar-refractivity contribution in [3.63, 3.8) is 0 Å². The molecule has 1 saturated heterocycles. The van der Waals surface area contributed by atoms with Crippen molar-refractivity contribution >= 4 is 45.8 Å². The summed E-state index contributed by atoms with van der Waals surface area (Å²) in [5.74, 6) is -0.739. The van der Waals surface area contributed by atoms with Gasteiger partial charge in [-0.25, -0.2) is 5.10 Å². The van der Waals surface area contributed by atoms with Crippen LogP contribution in [0.1, 0.15) is 12.5 Å². The van der Waals surface area contributed by atoms with Crippen LogP contribution in [0, 0.1) is 3.57 Å². The SMILES string of the molecule is CC1(c2cc(Oc3c(Cl)cc(I)cc3Cl)n[nH]c2=O)OCCO1. The van der Waals surface area contributed by atoms with E-state index in [2.05, 4.69) is 32.8 Å². The Bertz CT molecular complexity index is 783. The molecular formula is C14H11Cl2IN2O4. The third-order valence-corrected chi connectivity index (χ3v) is 4.46. The topological polar surface area (TPSA) is 73.4 Å². The van der Waals surface area contributed by atoms with E-state index in [9.17, 15) is 4.79 Å². The van der Waals surface area contributed by atoms with Crippen LogP contribution in [0.15, 0.2) is 23.0 Å². The Kier molecular flexibility index (Phi) is 4.84. The van der Waals surface area contributed by atoms with Crippen LogP contribution in [0.25, 0.3) is 0 Å². The van der Waals surface area contributed by atoms with Gasteiger partial charge in [0.2, 0.25) is 5.88 Å². The lowest BCUT2D eigenvalue weighted by molar-refractivity contribution is -0.150. The Labute approximate surface area is 155 Å². The zero-order valence-electron chi connectivity index (χ0n) is 11.9. The number of aromatic amines is 1.